The van der Waals surface area contributed by atoms with Gasteiger partial charge in [0.1, 0.15) is 9.88 Å². The number of thiazole rings is 1. The van der Waals surface area contributed by atoms with Crippen molar-refractivity contribution in [1.29, 1.82) is 0 Å². The lowest BCUT2D eigenvalue weighted by atomic mass is 10.2. The predicted molar refractivity (Wildman–Crippen MR) is 105 cm³/mol. The van der Waals surface area contributed by atoms with E-state index in [9.17, 15) is 9.59 Å². The number of carbonyl (C=O) groups excluding carboxylic acids is 2. The lowest BCUT2D eigenvalue weighted by Gasteiger charge is -2.03. The number of aromatic nitrogens is 1. The summed E-state index contributed by atoms with van der Waals surface area (Å²) < 4.78 is 4.83. The van der Waals surface area contributed by atoms with Gasteiger partial charge in [-0.15, -0.1) is 22.7 Å². The van der Waals surface area contributed by atoms with Crippen LogP contribution in [0.4, 0.5) is 5.69 Å². The number of carbonyl (C=O) groups is 2. The van der Waals surface area contributed by atoms with Gasteiger partial charge < -0.3 is 10.1 Å². The van der Waals surface area contributed by atoms with Gasteiger partial charge in [0, 0.05) is 11.8 Å². The minimum Gasteiger partial charge on any atom is -0.463 e. The molecule has 1 N–H and O–H groups in total. The third-order valence-corrected chi connectivity index (χ3v) is 5.36. The van der Waals surface area contributed by atoms with Gasteiger partial charge >= 0.3 is 5.97 Å². The average molecular weight is 384 g/mol. The Kier molecular flexibility index (Phi) is 5.93. The number of nitrogens with zero attached hydrogens (tertiary/aromatic N) is 1. The highest BCUT2D eigenvalue weighted by atomic mass is 32.1. The topological polar surface area (TPSA) is 68.3 Å². The summed E-state index contributed by atoms with van der Waals surface area (Å²) >= 11 is 2.95. The number of benzene rings is 1. The molecule has 7 heteroatoms. The van der Waals surface area contributed by atoms with E-state index in [2.05, 4.69) is 10.3 Å². The molecule has 1 amide bonds. The molecule has 0 saturated carbocycles. The van der Waals surface area contributed by atoms with Gasteiger partial charge in [0.25, 0.3) is 5.91 Å². The molecule has 1 aromatic carbocycles. The van der Waals surface area contributed by atoms with E-state index in [0.717, 1.165) is 15.4 Å². The van der Waals surface area contributed by atoms with Crippen LogP contribution in [0.3, 0.4) is 0 Å². The van der Waals surface area contributed by atoms with Crippen LogP contribution < -0.4 is 5.32 Å². The number of anilines is 1. The molecule has 0 aliphatic heterocycles. The van der Waals surface area contributed by atoms with E-state index in [-0.39, 0.29) is 11.9 Å². The van der Waals surface area contributed by atoms with Gasteiger partial charge in [0.2, 0.25) is 0 Å². The van der Waals surface area contributed by atoms with Crippen molar-refractivity contribution in [1.82, 2.24) is 4.98 Å². The first-order valence-corrected chi connectivity index (χ1v) is 9.61. The fraction of sp³-hybridized carbons (Fsp3) is 0.105. The lowest BCUT2D eigenvalue weighted by molar-refractivity contribution is -0.137. The number of hydrogen-bond acceptors (Lipinski definition) is 6. The molecule has 0 atom stereocenters. The summed E-state index contributed by atoms with van der Waals surface area (Å²) in [7, 11) is 0. The van der Waals surface area contributed by atoms with Crippen LogP contribution in [-0.4, -0.2) is 23.5 Å². The third-order valence-electron chi connectivity index (χ3n) is 3.33. The van der Waals surface area contributed by atoms with Crippen LogP contribution >= 0.6 is 22.7 Å². The van der Waals surface area contributed by atoms with Crippen LogP contribution in [0.25, 0.3) is 16.0 Å². The molecule has 26 heavy (non-hydrogen) atoms. The van der Waals surface area contributed by atoms with E-state index in [4.69, 9.17) is 4.74 Å². The molecular weight excluding hydrogens is 368 g/mol. The van der Waals surface area contributed by atoms with Crippen molar-refractivity contribution < 1.29 is 14.3 Å². The summed E-state index contributed by atoms with van der Waals surface area (Å²) in [5, 5.41) is 5.67. The maximum atomic E-state index is 12.4. The number of thiophene rings is 1. The lowest BCUT2D eigenvalue weighted by Crippen LogP contribution is -2.09. The number of ether oxygens (including phenoxy) is 1. The van der Waals surface area contributed by atoms with Gasteiger partial charge in [-0.05, 0) is 42.1 Å². The zero-order chi connectivity index (χ0) is 18.4. The molecule has 5 nitrogen and oxygen atoms in total. The van der Waals surface area contributed by atoms with Gasteiger partial charge in [-0.25, -0.2) is 9.78 Å². The highest BCUT2D eigenvalue weighted by molar-refractivity contribution is 7.22. The maximum absolute atomic E-state index is 12.4. The van der Waals surface area contributed by atoms with Crippen molar-refractivity contribution in [2.24, 2.45) is 0 Å². The molecule has 0 radical (unpaired) electrons. The quantitative estimate of drug-likeness (QED) is 0.494. The predicted octanol–water partition coefficient (Wildman–Crippen LogP) is 4.70. The zero-order valence-electron chi connectivity index (χ0n) is 14.0. The third kappa shape index (κ3) is 4.65. The summed E-state index contributed by atoms with van der Waals surface area (Å²) in [4.78, 5) is 29.6. The minimum absolute atomic E-state index is 0.194. The van der Waals surface area contributed by atoms with Crippen LogP contribution in [0.15, 0.2) is 54.1 Å². The first kappa shape index (κ1) is 18.0. The number of rotatable bonds is 6. The van der Waals surface area contributed by atoms with Gasteiger partial charge in [0.15, 0.2) is 0 Å². The Labute approximate surface area is 159 Å². The molecule has 2 heterocycles. The summed E-state index contributed by atoms with van der Waals surface area (Å²) in [6.07, 6.45) is 4.63. The molecule has 3 aromatic rings. The fourth-order valence-corrected chi connectivity index (χ4v) is 3.73. The maximum Gasteiger partial charge on any atom is 0.330 e. The molecule has 0 aliphatic rings. The van der Waals surface area contributed by atoms with Crippen molar-refractivity contribution in [3.8, 4) is 9.88 Å². The van der Waals surface area contributed by atoms with E-state index in [1.807, 2.05) is 29.6 Å². The summed E-state index contributed by atoms with van der Waals surface area (Å²) in [6, 6.07) is 11.1. The molecule has 132 valence electrons. The molecule has 0 fully saturated rings. The standard InChI is InChI=1S/C19H16N2O3S2/c1-2-24-17(22)10-7-13-5-8-14(9-6-13)21-18(23)16-12-20-19(26-16)15-4-3-11-25-15/h3-12H,2H2,1H3,(H,21,23)/b10-7+. The Balaban J connectivity index is 1.62. The average Bonchev–Trinajstić information content (AvgIpc) is 3.32. The summed E-state index contributed by atoms with van der Waals surface area (Å²) in [6.45, 7) is 2.11. The second-order valence-electron chi connectivity index (χ2n) is 5.17. The largest absolute Gasteiger partial charge is 0.463 e. The van der Waals surface area contributed by atoms with Gasteiger partial charge in [0.05, 0.1) is 17.7 Å². The van der Waals surface area contributed by atoms with E-state index >= 15 is 0 Å². The fourth-order valence-electron chi connectivity index (χ4n) is 2.12. The van der Waals surface area contributed by atoms with Gasteiger partial charge in [-0.1, -0.05) is 18.2 Å². The molecule has 0 aliphatic carbocycles. The Morgan fingerprint density at radius 2 is 2.04 bits per heavy atom. The smallest absolute Gasteiger partial charge is 0.330 e. The minimum atomic E-state index is -0.378. The molecule has 3 rings (SSSR count). The van der Waals surface area contributed by atoms with Crippen molar-refractivity contribution in [3.05, 3.63) is 64.5 Å². The monoisotopic (exact) mass is 384 g/mol. The number of hydrogen-bond donors (Lipinski definition) is 1. The molecule has 0 bridgehead atoms. The molecule has 0 spiro atoms. The molecule has 0 saturated heterocycles. The summed E-state index contributed by atoms with van der Waals surface area (Å²) in [5.74, 6) is -0.572. The van der Waals surface area contributed by atoms with Gasteiger partial charge in [-0.3, -0.25) is 4.79 Å². The first-order valence-electron chi connectivity index (χ1n) is 7.91. The van der Waals surface area contributed by atoms with Crippen LogP contribution in [0.2, 0.25) is 0 Å². The van der Waals surface area contributed by atoms with Crippen molar-refractivity contribution in [2.75, 3.05) is 11.9 Å². The van der Waals surface area contributed by atoms with Gasteiger partial charge in [-0.2, -0.15) is 0 Å². The number of amides is 1. The Morgan fingerprint density at radius 1 is 1.23 bits per heavy atom. The van der Waals surface area contributed by atoms with Crippen molar-refractivity contribution in [3.63, 3.8) is 0 Å². The highest BCUT2D eigenvalue weighted by Crippen LogP contribution is 2.29. The molecular formula is C19H16N2O3S2. The van der Waals surface area contributed by atoms with E-state index in [1.165, 1.54) is 17.4 Å². The number of nitrogens with one attached hydrogen (secondary N) is 1. The number of esters is 1. The molecule has 2 aromatic heterocycles. The normalized spacial score (nSPS) is 10.8. The Bertz CT molecular complexity index is 913. The SMILES string of the molecule is CCOC(=O)/C=C/c1ccc(NC(=O)c2cnc(-c3cccs3)s2)cc1. The Morgan fingerprint density at radius 3 is 2.73 bits per heavy atom. The van der Waals surface area contributed by atoms with Crippen LogP contribution in [-0.2, 0) is 9.53 Å². The first-order chi connectivity index (χ1) is 12.7. The second kappa shape index (κ2) is 8.55. The van der Waals surface area contributed by atoms with E-state index in [0.29, 0.717) is 17.2 Å². The summed E-state index contributed by atoms with van der Waals surface area (Å²) in [5.41, 5.74) is 1.52. The van der Waals surface area contributed by atoms with Crippen LogP contribution in [0, 0.1) is 0 Å². The van der Waals surface area contributed by atoms with Crippen LogP contribution in [0.1, 0.15) is 22.2 Å². The van der Waals surface area contributed by atoms with E-state index < -0.39 is 0 Å². The van der Waals surface area contributed by atoms with Crippen LogP contribution in [0.5, 0.6) is 0 Å². The zero-order valence-corrected chi connectivity index (χ0v) is 15.6. The highest BCUT2D eigenvalue weighted by Gasteiger charge is 2.12. The second-order valence-corrected chi connectivity index (χ2v) is 7.15. The molecule has 0 unspecified atom stereocenters. The Hall–Kier alpha value is -2.77. The van der Waals surface area contributed by atoms with Crippen molar-refractivity contribution >= 4 is 46.3 Å². The van der Waals surface area contributed by atoms with E-state index in [1.54, 1.807) is 42.7 Å². The van der Waals surface area contributed by atoms with Crippen molar-refractivity contribution in [2.45, 2.75) is 6.92 Å².